The first-order valence-electron chi connectivity index (χ1n) is 14.6. The van der Waals surface area contributed by atoms with Gasteiger partial charge in [0.15, 0.2) is 0 Å². The molecule has 4 aromatic rings. The van der Waals surface area contributed by atoms with Gasteiger partial charge in [0.05, 0.1) is 31.5 Å². The van der Waals surface area contributed by atoms with Gasteiger partial charge in [-0.1, -0.05) is 41.4 Å². The summed E-state index contributed by atoms with van der Waals surface area (Å²) < 4.78 is 22.5. The highest BCUT2D eigenvalue weighted by Gasteiger charge is 2.25. The molecule has 0 spiro atoms. The number of amides is 2. The lowest BCUT2D eigenvalue weighted by Crippen LogP contribution is -2.35. The number of carbonyl (C=O) groups excluding carboxylic acids is 2. The van der Waals surface area contributed by atoms with Crippen LogP contribution < -0.4 is 15.0 Å². The Morgan fingerprint density at radius 1 is 1.11 bits per heavy atom. The summed E-state index contributed by atoms with van der Waals surface area (Å²) in [7, 11) is 0. The number of carboxylic acid groups (broad SMARTS) is 1. The average molecular weight is 686 g/mol. The Hall–Kier alpha value is -4.06. The predicted molar refractivity (Wildman–Crippen MR) is 177 cm³/mol. The number of anilines is 1. The number of halogens is 3. The minimum absolute atomic E-state index is 0.00596. The molecule has 2 heterocycles. The number of aromatic nitrogens is 2. The number of aliphatic carboxylic acids is 1. The molecule has 0 aliphatic carbocycles. The first-order valence-corrected chi connectivity index (χ1v) is 16.3. The van der Waals surface area contributed by atoms with Crippen molar-refractivity contribution in [2.24, 2.45) is 0 Å². The topological polar surface area (TPSA) is 114 Å². The zero-order valence-corrected chi connectivity index (χ0v) is 27.2. The van der Waals surface area contributed by atoms with Gasteiger partial charge in [-0.25, -0.2) is 4.39 Å². The van der Waals surface area contributed by atoms with Crippen LogP contribution in [-0.4, -0.2) is 58.1 Å². The highest BCUT2D eigenvalue weighted by atomic mass is 35.5. The van der Waals surface area contributed by atoms with Gasteiger partial charge in [0.2, 0.25) is 5.91 Å². The van der Waals surface area contributed by atoms with Crippen LogP contribution in [0.5, 0.6) is 5.75 Å². The SMILES string of the molecule is Cc1c(Cl)cccc1OCCCC(=O)N1CCSc2c(-c3cnn(Cc4c(F)cc(C(=O)NCCC(=O)O)cc4Cl)c3)cccc21. The first-order chi connectivity index (χ1) is 22.1. The third-order valence-corrected chi connectivity index (χ3v) is 9.30. The van der Waals surface area contributed by atoms with Gasteiger partial charge in [0.25, 0.3) is 5.91 Å². The van der Waals surface area contributed by atoms with E-state index < -0.39 is 17.7 Å². The van der Waals surface area contributed by atoms with Crippen molar-refractivity contribution in [3.8, 4) is 16.9 Å². The second kappa shape index (κ2) is 15.0. The second-order valence-corrected chi connectivity index (χ2v) is 12.5. The van der Waals surface area contributed by atoms with E-state index in [1.807, 2.05) is 48.2 Å². The molecule has 0 atom stereocenters. The van der Waals surface area contributed by atoms with Crippen molar-refractivity contribution in [3.63, 3.8) is 0 Å². The van der Waals surface area contributed by atoms with Crippen molar-refractivity contribution >= 4 is 58.4 Å². The summed E-state index contributed by atoms with van der Waals surface area (Å²) >= 11 is 14.2. The van der Waals surface area contributed by atoms with E-state index in [0.29, 0.717) is 36.8 Å². The summed E-state index contributed by atoms with van der Waals surface area (Å²) in [5.74, 6) is -0.882. The molecular formula is C33H31Cl2FN4O5S. The molecule has 13 heteroatoms. The Kier molecular flexibility index (Phi) is 10.9. The maximum Gasteiger partial charge on any atom is 0.305 e. The fraction of sp³-hybridized carbons (Fsp3) is 0.273. The van der Waals surface area contributed by atoms with E-state index in [1.54, 1.807) is 28.8 Å². The Balaban J connectivity index is 1.25. The Bertz CT molecular complexity index is 1760. The standard InChI is InChI=1S/C33H31Cl2FN4O5S/c1-20-25(34)6-3-8-29(20)45-13-4-9-30(41)40-12-14-46-32-23(5-2-7-28(32)40)22-17-38-39(18-22)19-24-26(35)15-21(16-27(24)36)33(44)37-11-10-31(42)43/h2-3,5-8,15-18H,4,9-14,19H2,1H3,(H,37,44)(H,42,43). The summed E-state index contributed by atoms with van der Waals surface area (Å²) in [6, 6.07) is 13.7. The normalized spacial score (nSPS) is 12.5. The molecule has 9 nitrogen and oxygen atoms in total. The molecule has 0 saturated carbocycles. The monoisotopic (exact) mass is 684 g/mol. The molecular weight excluding hydrogens is 654 g/mol. The summed E-state index contributed by atoms with van der Waals surface area (Å²) in [6.45, 7) is 2.83. The van der Waals surface area contributed by atoms with Gasteiger partial charge in [-0.3, -0.25) is 19.1 Å². The molecule has 1 aliphatic rings. The Morgan fingerprint density at radius 2 is 1.91 bits per heavy atom. The van der Waals surface area contributed by atoms with Gasteiger partial charge in [0.1, 0.15) is 11.6 Å². The van der Waals surface area contributed by atoms with E-state index in [-0.39, 0.29) is 41.6 Å². The first kappa shape index (κ1) is 33.3. The highest BCUT2D eigenvalue weighted by Crippen LogP contribution is 2.42. The van der Waals surface area contributed by atoms with Crippen LogP contribution in [-0.2, 0) is 16.1 Å². The lowest BCUT2D eigenvalue weighted by atomic mass is 10.1. The summed E-state index contributed by atoms with van der Waals surface area (Å²) in [6.07, 6.45) is 4.11. The number of hydrogen-bond donors (Lipinski definition) is 2. The van der Waals surface area contributed by atoms with Gasteiger partial charge in [-0.2, -0.15) is 5.10 Å². The van der Waals surface area contributed by atoms with Crippen molar-refractivity contribution in [1.82, 2.24) is 15.1 Å². The fourth-order valence-corrected chi connectivity index (χ4v) is 6.62. The number of benzene rings is 3. The molecule has 2 amide bonds. The molecule has 1 aromatic heterocycles. The summed E-state index contributed by atoms with van der Waals surface area (Å²) in [5.41, 5.74) is 3.57. The van der Waals surface area contributed by atoms with Crippen LogP contribution in [0, 0.1) is 12.7 Å². The third kappa shape index (κ3) is 7.83. The van der Waals surface area contributed by atoms with Crippen molar-refractivity contribution in [2.45, 2.75) is 37.6 Å². The van der Waals surface area contributed by atoms with E-state index >= 15 is 4.39 Å². The van der Waals surface area contributed by atoms with Crippen LogP contribution in [0.2, 0.25) is 10.0 Å². The summed E-state index contributed by atoms with van der Waals surface area (Å²) in [4.78, 5) is 39.1. The van der Waals surface area contributed by atoms with E-state index in [4.69, 9.17) is 33.0 Å². The maximum atomic E-state index is 15.1. The number of rotatable bonds is 12. The second-order valence-electron chi connectivity index (χ2n) is 10.6. The van der Waals surface area contributed by atoms with Crippen LogP contribution in [0.25, 0.3) is 11.1 Å². The number of hydrogen-bond acceptors (Lipinski definition) is 6. The minimum atomic E-state index is -1.05. The zero-order valence-electron chi connectivity index (χ0n) is 24.9. The quantitative estimate of drug-likeness (QED) is 0.157. The van der Waals surface area contributed by atoms with Gasteiger partial charge in [-0.05, 0) is 43.7 Å². The van der Waals surface area contributed by atoms with Crippen molar-refractivity contribution in [1.29, 1.82) is 0 Å². The smallest absolute Gasteiger partial charge is 0.305 e. The number of carboxylic acids is 1. The molecule has 0 bridgehead atoms. The minimum Gasteiger partial charge on any atom is -0.493 e. The van der Waals surface area contributed by atoms with E-state index in [9.17, 15) is 14.4 Å². The van der Waals surface area contributed by atoms with Gasteiger partial charge in [0, 0.05) is 74.2 Å². The number of thioether (sulfide) groups is 1. The average Bonchev–Trinajstić information content (AvgIpc) is 3.50. The number of fused-ring (bicyclic) bond motifs is 1. The third-order valence-electron chi connectivity index (χ3n) is 7.45. The van der Waals surface area contributed by atoms with Crippen LogP contribution in [0.4, 0.5) is 10.1 Å². The van der Waals surface area contributed by atoms with E-state index in [2.05, 4.69) is 10.4 Å². The number of nitrogens with zero attached hydrogens (tertiary/aromatic N) is 3. The zero-order chi connectivity index (χ0) is 32.8. The lowest BCUT2D eigenvalue weighted by molar-refractivity contribution is -0.136. The predicted octanol–water partition coefficient (Wildman–Crippen LogP) is 6.86. The van der Waals surface area contributed by atoms with E-state index in [1.165, 1.54) is 6.07 Å². The van der Waals surface area contributed by atoms with Gasteiger partial charge >= 0.3 is 5.97 Å². The van der Waals surface area contributed by atoms with Crippen LogP contribution in [0.15, 0.2) is 65.8 Å². The van der Waals surface area contributed by atoms with Crippen LogP contribution in [0.1, 0.15) is 40.7 Å². The molecule has 0 unspecified atom stereocenters. The van der Waals surface area contributed by atoms with Gasteiger partial charge in [-0.15, -0.1) is 11.8 Å². The molecule has 0 radical (unpaired) electrons. The van der Waals surface area contributed by atoms with Crippen LogP contribution in [0.3, 0.4) is 0 Å². The Labute approximate surface area is 279 Å². The molecule has 0 saturated heterocycles. The Morgan fingerprint density at radius 3 is 2.70 bits per heavy atom. The molecule has 1 aliphatic heterocycles. The fourth-order valence-electron chi connectivity index (χ4n) is 5.04. The molecule has 0 fully saturated rings. The summed E-state index contributed by atoms with van der Waals surface area (Å²) in [5, 5.41) is 16.3. The molecule has 5 rings (SSSR count). The number of carbonyl (C=O) groups is 3. The molecule has 240 valence electrons. The van der Waals surface area contributed by atoms with Gasteiger partial charge < -0.3 is 20.1 Å². The maximum absolute atomic E-state index is 15.1. The molecule has 2 N–H and O–H groups in total. The largest absolute Gasteiger partial charge is 0.493 e. The molecule has 3 aromatic carbocycles. The van der Waals surface area contributed by atoms with Crippen molar-refractivity contribution in [3.05, 3.63) is 93.5 Å². The molecule has 46 heavy (non-hydrogen) atoms. The van der Waals surface area contributed by atoms with E-state index in [0.717, 1.165) is 39.1 Å². The highest BCUT2D eigenvalue weighted by molar-refractivity contribution is 7.99. The van der Waals surface area contributed by atoms with Crippen molar-refractivity contribution in [2.75, 3.05) is 30.3 Å². The number of nitrogens with one attached hydrogen (secondary N) is 1. The lowest BCUT2D eigenvalue weighted by Gasteiger charge is -2.30. The number of ether oxygens (including phenoxy) is 1. The van der Waals surface area contributed by atoms with Crippen molar-refractivity contribution < 1.29 is 28.6 Å². The van der Waals surface area contributed by atoms with Crippen LogP contribution >= 0.6 is 35.0 Å².